The van der Waals surface area contributed by atoms with Crippen LogP contribution in [0, 0.1) is 0 Å². The minimum atomic E-state index is 0.929. The molecule has 0 amide bonds. The van der Waals surface area contributed by atoms with Crippen LogP contribution in [0.2, 0.25) is 0 Å². The van der Waals surface area contributed by atoms with Gasteiger partial charge < -0.3 is 4.57 Å². The van der Waals surface area contributed by atoms with Crippen molar-refractivity contribution in [2.45, 2.75) is 0 Å². The van der Waals surface area contributed by atoms with Gasteiger partial charge in [0.1, 0.15) is 5.52 Å². The Labute approximate surface area is 140 Å². The Morgan fingerprint density at radius 1 is 0.917 bits per heavy atom. The van der Waals surface area contributed by atoms with Gasteiger partial charge in [0.25, 0.3) is 0 Å². The van der Waals surface area contributed by atoms with E-state index < -0.39 is 0 Å². The number of aromatic nitrogens is 4. The Hall–Kier alpha value is -2.92. The number of benzene rings is 2. The van der Waals surface area contributed by atoms with E-state index in [1.807, 2.05) is 6.20 Å². The van der Waals surface area contributed by atoms with Gasteiger partial charge in [-0.2, -0.15) is 0 Å². The Bertz CT molecular complexity index is 1420. The smallest absolute Gasteiger partial charge is 0.216 e. The lowest BCUT2D eigenvalue weighted by molar-refractivity contribution is 0.973. The van der Waals surface area contributed by atoms with Crippen molar-refractivity contribution in [3.05, 3.63) is 54.7 Å². The van der Waals surface area contributed by atoms with Gasteiger partial charge in [-0.15, -0.1) is 11.3 Å². The third kappa shape index (κ3) is 1.35. The number of imidazole rings is 2. The van der Waals surface area contributed by atoms with Gasteiger partial charge in [0.15, 0.2) is 5.65 Å². The molecule has 0 aliphatic rings. The predicted octanol–water partition coefficient (Wildman–Crippen LogP) is 4.74. The van der Waals surface area contributed by atoms with Crippen molar-refractivity contribution in [3.63, 3.8) is 0 Å². The second-order valence-electron chi connectivity index (χ2n) is 6.06. The molecule has 0 bridgehead atoms. The highest BCUT2D eigenvalue weighted by Gasteiger charge is 2.18. The van der Waals surface area contributed by atoms with Gasteiger partial charge in [-0.3, -0.25) is 4.40 Å². The molecule has 0 saturated heterocycles. The maximum absolute atomic E-state index is 4.97. The maximum Gasteiger partial charge on any atom is 0.216 e. The van der Waals surface area contributed by atoms with E-state index in [2.05, 4.69) is 64.5 Å². The monoisotopic (exact) mass is 328 g/mol. The van der Waals surface area contributed by atoms with E-state index in [1.54, 1.807) is 11.3 Å². The van der Waals surface area contributed by atoms with Crippen molar-refractivity contribution in [1.29, 1.82) is 0 Å². The van der Waals surface area contributed by atoms with Crippen LogP contribution in [-0.4, -0.2) is 18.9 Å². The van der Waals surface area contributed by atoms with Crippen molar-refractivity contribution >= 4 is 59.5 Å². The molecule has 0 aliphatic heterocycles. The lowest BCUT2D eigenvalue weighted by atomic mass is 10.2. The molecule has 24 heavy (non-hydrogen) atoms. The Balaban J connectivity index is 1.94. The second kappa shape index (κ2) is 4.13. The molecule has 0 spiro atoms. The minimum absolute atomic E-state index is 0.929. The van der Waals surface area contributed by atoms with Gasteiger partial charge in [0.2, 0.25) is 5.78 Å². The molecular weight excluding hydrogens is 316 g/mol. The number of pyridine rings is 1. The highest BCUT2D eigenvalue weighted by Crippen LogP contribution is 2.38. The van der Waals surface area contributed by atoms with Crippen LogP contribution in [0.15, 0.2) is 54.7 Å². The summed E-state index contributed by atoms with van der Waals surface area (Å²) in [5.74, 6) is 0.932. The van der Waals surface area contributed by atoms with E-state index in [4.69, 9.17) is 9.97 Å². The summed E-state index contributed by atoms with van der Waals surface area (Å²) in [7, 11) is 2.06. The molecule has 114 valence electrons. The molecule has 6 rings (SSSR count). The van der Waals surface area contributed by atoms with E-state index in [9.17, 15) is 0 Å². The summed E-state index contributed by atoms with van der Waals surface area (Å²) < 4.78 is 6.77. The van der Waals surface area contributed by atoms with Crippen molar-refractivity contribution in [1.82, 2.24) is 18.9 Å². The molecule has 0 aliphatic carbocycles. The fourth-order valence-corrected chi connectivity index (χ4v) is 4.78. The summed E-state index contributed by atoms with van der Waals surface area (Å²) in [6.45, 7) is 0. The first-order valence-electron chi connectivity index (χ1n) is 7.85. The molecule has 0 unspecified atom stereocenters. The maximum atomic E-state index is 4.97. The van der Waals surface area contributed by atoms with Gasteiger partial charge in [-0.05, 0) is 18.2 Å². The fourth-order valence-electron chi connectivity index (χ4n) is 3.70. The lowest BCUT2D eigenvalue weighted by Crippen LogP contribution is -1.87. The molecule has 0 fully saturated rings. The highest BCUT2D eigenvalue weighted by atomic mass is 32.1. The first-order valence-corrected chi connectivity index (χ1v) is 8.66. The zero-order valence-corrected chi connectivity index (χ0v) is 13.7. The van der Waals surface area contributed by atoms with Crippen LogP contribution in [0.4, 0.5) is 0 Å². The van der Waals surface area contributed by atoms with E-state index in [1.165, 1.54) is 25.7 Å². The number of thiophene rings is 1. The van der Waals surface area contributed by atoms with Crippen LogP contribution >= 0.6 is 11.3 Å². The molecule has 0 atom stereocenters. The minimum Gasteiger partial charge on any atom is -0.313 e. The molecule has 0 N–H and O–H groups in total. The summed E-state index contributed by atoms with van der Waals surface area (Å²) in [5, 5.41) is 2.48. The van der Waals surface area contributed by atoms with E-state index in [0.29, 0.717) is 0 Å². The summed E-state index contributed by atoms with van der Waals surface area (Å²) in [6.07, 6.45) is 1.98. The Kier molecular flexibility index (Phi) is 2.15. The Morgan fingerprint density at radius 3 is 2.62 bits per heavy atom. The summed E-state index contributed by atoms with van der Waals surface area (Å²) >= 11 is 1.78. The molecule has 4 nitrogen and oxygen atoms in total. The SMILES string of the molecule is Cn1c2ccccc2n2c3ncc4sc5ccccc5c4c3nc12. The predicted molar refractivity (Wildman–Crippen MR) is 99.9 cm³/mol. The quantitative estimate of drug-likeness (QED) is 0.403. The standard InChI is InChI=1S/C19H12N4S/c1-22-12-7-3-4-8-13(12)23-18-17(21-19(22)23)16-11-6-2-5-9-14(11)24-15(16)10-20-18/h2-10H,1H3. The summed E-state index contributed by atoms with van der Waals surface area (Å²) in [6, 6.07) is 16.9. The number of fused-ring (bicyclic) bond motifs is 9. The van der Waals surface area contributed by atoms with Crippen LogP contribution < -0.4 is 0 Å². The van der Waals surface area contributed by atoms with Crippen molar-refractivity contribution in [2.75, 3.05) is 0 Å². The average molecular weight is 328 g/mol. The highest BCUT2D eigenvalue weighted by molar-refractivity contribution is 7.26. The third-order valence-electron chi connectivity index (χ3n) is 4.78. The molecule has 0 saturated carbocycles. The lowest BCUT2D eigenvalue weighted by Gasteiger charge is -1.96. The van der Waals surface area contributed by atoms with Gasteiger partial charge in [0, 0.05) is 28.7 Å². The van der Waals surface area contributed by atoms with Gasteiger partial charge in [0.05, 0.1) is 15.7 Å². The van der Waals surface area contributed by atoms with Gasteiger partial charge >= 0.3 is 0 Å². The molecular formula is C19H12N4S. The molecule has 5 heteroatoms. The molecule has 4 aromatic heterocycles. The largest absolute Gasteiger partial charge is 0.313 e. The van der Waals surface area contributed by atoms with Crippen molar-refractivity contribution in [3.8, 4) is 0 Å². The first-order chi connectivity index (χ1) is 11.8. The number of nitrogens with zero attached hydrogens (tertiary/aromatic N) is 4. The second-order valence-corrected chi connectivity index (χ2v) is 7.15. The van der Waals surface area contributed by atoms with Crippen LogP contribution in [0.5, 0.6) is 0 Å². The normalized spacial score (nSPS) is 12.4. The van der Waals surface area contributed by atoms with Crippen LogP contribution in [0.1, 0.15) is 0 Å². The molecule has 6 aromatic rings. The topological polar surface area (TPSA) is 35.1 Å². The number of hydrogen-bond donors (Lipinski definition) is 0. The summed E-state index contributed by atoms with van der Waals surface area (Å²) in [4.78, 5) is 9.73. The zero-order valence-electron chi connectivity index (χ0n) is 12.9. The third-order valence-corrected chi connectivity index (χ3v) is 5.89. The average Bonchev–Trinajstić information content (AvgIpc) is 3.25. The number of hydrogen-bond acceptors (Lipinski definition) is 3. The van der Waals surface area contributed by atoms with Gasteiger partial charge in [-0.25, -0.2) is 9.97 Å². The van der Waals surface area contributed by atoms with E-state index in [-0.39, 0.29) is 0 Å². The number of aryl methyl sites for hydroxylation is 1. The van der Waals surface area contributed by atoms with Crippen LogP contribution in [-0.2, 0) is 7.05 Å². The van der Waals surface area contributed by atoms with E-state index >= 15 is 0 Å². The van der Waals surface area contributed by atoms with E-state index in [0.717, 1.165) is 22.5 Å². The number of para-hydroxylation sites is 2. The number of rotatable bonds is 0. The Morgan fingerprint density at radius 2 is 1.71 bits per heavy atom. The first kappa shape index (κ1) is 12.5. The molecule has 0 radical (unpaired) electrons. The van der Waals surface area contributed by atoms with Crippen LogP contribution in [0.25, 0.3) is 48.1 Å². The zero-order chi connectivity index (χ0) is 15.8. The van der Waals surface area contributed by atoms with Crippen LogP contribution in [0.3, 0.4) is 0 Å². The summed E-state index contributed by atoms with van der Waals surface area (Å²) in [5.41, 5.74) is 4.22. The molecule has 4 heterocycles. The van der Waals surface area contributed by atoms with Crippen molar-refractivity contribution < 1.29 is 0 Å². The van der Waals surface area contributed by atoms with Gasteiger partial charge in [-0.1, -0.05) is 30.3 Å². The fraction of sp³-hybridized carbons (Fsp3) is 0.0526. The molecule has 2 aromatic carbocycles. The van der Waals surface area contributed by atoms with Crippen molar-refractivity contribution in [2.24, 2.45) is 7.05 Å².